The van der Waals surface area contributed by atoms with E-state index < -0.39 is 28.9 Å². The molecule has 0 rings (SSSR count). The SMILES string of the molecule is CO[Si](CCCN(CCNS(C)(=O)=O)S(C)(=O)=O)(OC)OC. The molecule has 0 radical (unpaired) electrons. The second kappa shape index (κ2) is 9.27. The van der Waals surface area contributed by atoms with Crippen molar-refractivity contribution in [2.75, 3.05) is 53.5 Å². The zero-order valence-corrected chi connectivity index (χ0v) is 16.3. The van der Waals surface area contributed by atoms with E-state index in [1.807, 2.05) is 0 Å². The average molecular weight is 379 g/mol. The second-order valence-electron chi connectivity index (χ2n) is 4.73. The molecule has 0 fully saturated rings. The van der Waals surface area contributed by atoms with Crippen LogP contribution >= 0.6 is 0 Å². The molecule has 0 aliphatic rings. The summed E-state index contributed by atoms with van der Waals surface area (Å²) in [4.78, 5) is 0. The maximum absolute atomic E-state index is 11.7. The van der Waals surface area contributed by atoms with Crippen molar-refractivity contribution in [2.45, 2.75) is 12.5 Å². The third-order valence-electron chi connectivity index (χ3n) is 3.02. The summed E-state index contributed by atoms with van der Waals surface area (Å²) < 4.78 is 64.7. The van der Waals surface area contributed by atoms with Crippen LogP contribution < -0.4 is 4.72 Å². The first-order valence-electron chi connectivity index (χ1n) is 6.55. The molecular weight excluding hydrogens is 352 g/mol. The molecule has 0 amide bonds. The summed E-state index contributed by atoms with van der Waals surface area (Å²) in [6, 6.07) is 0.460. The van der Waals surface area contributed by atoms with Gasteiger partial charge in [-0.25, -0.2) is 25.9 Å². The van der Waals surface area contributed by atoms with Crippen LogP contribution in [0.4, 0.5) is 0 Å². The van der Waals surface area contributed by atoms with E-state index in [0.717, 1.165) is 12.5 Å². The third-order valence-corrected chi connectivity index (χ3v) is 7.88. The van der Waals surface area contributed by atoms with E-state index in [1.165, 1.54) is 25.6 Å². The fourth-order valence-corrected chi connectivity index (χ4v) is 4.88. The van der Waals surface area contributed by atoms with Crippen LogP contribution in [0.3, 0.4) is 0 Å². The number of rotatable bonds is 12. The summed E-state index contributed by atoms with van der Waals surface area (Å²) >= 11 is 0. The monoisotopic (exact) mass is 378 g/mol. The minimum atomic E-state index is -3.43. The van der Waals surface area contributed by atoms with Gasteiger partial charge in [-0.3, -0.25) is 0 Å². The van der Waals surface area contributed by atoms with Crippen LogP contribution in [0.25, 0.3) is 0 Å². The molecule has 0 bridgehead atoms. The Labute approximate surface area is 134 Å². The van der Waals surface area contributed by atoms with E-state index in [0.29, 0.717) is 12.5 Å². The first kappa shape index (κ1) is 21.9. The first-order valence-corrected chi connectivity index (χ1v) is 12.2. The van der Waals surface area contributed by atoms with Crippen LogP contribution in [0.2, 0.25) is 6.04 Å². The lowest BCUT2D eigenvalue weighted by Crippen LogP contribution is -2.44. The summed E-state index contributed by atoms with van der Waals surface area (Å²) in [7, 11) is -5.04. The van der Waals surface area contributed by atoms with Crippen molar-refractivity contribution >= 4 is 28.9 Å². The smallest absolute Gasteiger partial charge is 0.377 e. The lowest BCUT2D eigenvalue weighted by atomic mass is 10.4. The fourth-order valence-electron chi connectivity index (χ4n) is 1.83. The molecule has 1 N–H and O–H groups in total. The van der Waals surface area contributed by atoms with Gasteiger partial charge in [-0.2, -0.15) is 0 Å². The number of sulfonamides is 2. The Hall–Kier alpha value is -0.0831. The maximum Gasteiger partial charge on any atom is 0.500 e. The summed E-state index contributed by atoms with van der Waals surface area (Å²) in [5.74, 6) is 0. The summed E-state index contributed by atoms with van der Waals surface area (Å²) in [5.41, 5.74) is 0. The van der Waals surface area contributed by atoms with Gasteiger partial charge in [0.15, 0.2) is 0 Å². The Morgan fingerprint density at radius 3 is 1.82 bits per heavy atom. The van der Waals surface area contributed by atoms with E-state index in [2.05, 4.69) is 4.72 Å². The normalized spacial score (nSPS) is 13.7. The van der Waals surface area contributed by atoms with Crippen LogP contribution in [0, 0.1) is 0 Å². The van der Waals surface area contributed by atoms with Gasteiger partial charge < -0.3 is 13.3 Å². The Kier molecular flexibility index (Phi) is 9.24. The first-order chi connectivity index (χ1) is 9.99. The van der Waals surface area contributed by atoms with E-state index in [-0.39, 0.29) is 19.6 Å². The van der Waals surface area contributed by atoms with E-state index in [1.54, 1.807) is 0 Å². The lowest BCUT2D eigenvalue weighted by molar-refractivity contribution is 0.122. The molecule has 0 saturated carbocycles. The second-order valence-corrected chi connectivity index (χ2v) is 11.6. The molecule has 0 aromatic carbocycles. The Balaban J connectivity index is 4.57. The van der Waals surface area contributed by atoms with Crippen molar-refractivity contribution in [2.24, 2.45) is 0 Å². The predicted octanol–water partition coefficient (Wildman–Crippen LogP) is -0.935. The topological polar surface area (TPSA) is 111 Å². The van der Waals surface area contributed by atoms with Gasteiger partial charge in [0.25, 0.3) is 0 Å². The molecule has 0 aliphatic carbocycles. The lowest BCUT2D eigenvalue weighted by Gasteiger charge is -2.26. The minimum Gasteiger partial charge on any atom is -0.377 e. The van der Waals surface area contributed by atoms with Crippen molar-refractivity contribution < 1.29 is 30.1 Å². The molecule has 0 heterocycles. The van der Waals surface area contributed by atoms with E-state index in [9.17, 15) is 16.8 Å². The predicted molar refractivity (Wildman–Crippen MR) is 85.5 cm³/mol. The molecule has 0 aromatic heterocycles. The number of nitrogens with zero attached hydrogens (tertiary/aromatic N) is 1. The van der Waals surface area contributed by atoms with Crippen molar-refractivity contribution in [1.29, 1.82) is 0 Å². The highest BCUT2D eigenvalue weighted by molar-refractivity contribution is 7.88. The molecule has 0 saturated heterocycles. The molecule has 134 valence electrons. The molecule has 0 atom stereocenters. The zero-order valence-electron chi connectivity index (χ0n) is 13.7. The molecule has 0 unspecified atom stereocenters. The summed E-state index contributed by atoms with van der Waals surface area (Å²) in [5, 5.41) is 0. The third kappa shape index (κ3) is 8.52. The largest absolute Gasteiger partial charge is 0.500 e. The van der Waals surface area contributed by atoms with Gasteiger partial charge in [-0.1, -0.05) is 0 Å². The number of hydrogen-bond acceptors (Lipinski definition) is 7. The fraction of sp³-hybridized carbons (Fsp3) is 1.00. The molecule has 0 spiro atoms. The van der Waals surface area contributed by atoms with Gasteiger partial charge in [0.2, 0.25) is 20.0 Å². The van der Waals surface area contributed by atoms with Crippen molar-refractivity contribution in [1.82, 2.24) is 9.03 Å². The molecule has 0 aromatic rings. The van der Waals surface area contributed by atoms with Crippen LogP contribution in [-0.4, -0.2) is 83.4 Å². The van der Waals surface area contributed by atoms with Gasteiger partial charge >= 0.3 is 8.80 Å². The van der Waals surface area contributed by atoms with Gasteiger partial charge in [-0.15, -0.1) is 0 Å². The van der Waals surface area contributed by atoms with Crippen molar-refractivity contribution in [3.05, 3.63) is 0 Å². The maximum atomic E-state index is 11.7. The molecular formula is C10H26N2O7S2Si. The van der Waals surface area contributed by atoms with Crippen molar-refractivity contribution in [3.63, 3.8) is 0 Å². The van der Waals surface area contributed by atoms with Crippen LogP contribution in [-0.2, 0) is 33.3 Å². The highest BCUT2D eigenvalue weighted by Crippen LogP contribution is 2.15. The molecule has 9 nitrogen and oxygen atoms in total. The molecule has 12 heteroatoms. The van der Waals surface area contributed by atoms with E-state index in [4.69, 9.17) is 13.3 Å². The van der Waals surface area contributed by atoms with E-state index >= 15 is 0 Å². The summed E-state index contributed by atoms with van der Waals surface area (Å²) in [6.07, 6.45) is 2.59. The quantitative estimate of drug-likeness (QED) is 0.437. The number of hydrogen-bond donors (Lipinski definition) is 1. The molecule has 22 heavy (non-hydrogen) atoms. The number of nitrogens with one attached hydrogen (secondary N) is 1. The Bertz CT molecular complexity index is 511. The van der Waals surface area contributed by atoms with Gasteiger partial charge in [0, 0.05) is 47.0 Å². The van der Waals surface area contributed by atoms with Gasteiger partial charge in [-0.05, 0) is 6.42 Å². The zero-order chi connectivity index (χ0) is 17.4. The Morgan fingerprint density at radius 2 is 1.45 bits per heavy atom. The van der Waals surface area contributed by atoms with Crippen LogP contribution in [0.1, 0.15) is 6.42 Å². The van der Waals surface area contributed by atoms with Crippen molar-refractivity contribution in [3.8, 4) is 0 Å². The Morgan fingerprint density at radius 1 is 0.955 bits per heavy atom. The standard InChI is InChI=1S/C10H26N2O7S2Si/c1-17-22(18-2,19-3)10-6-8-12(21(5,15)16)9-7-11-20(4,13)14/h11H,6-10H2,1-5H3. The van der Waals surface area contributed by atoms with Crippen LogP contribution in [0.5, 0.6) is 0 Å². The highest BCUT2D eigenvalue weighted by Gasteiger charge is 2.37. The molecule has 0 aliphatic heterocycles. The highest BCUT2D eigenvalue weighted by atomic mass is 32.2. The van der Waals surface area contributed by atoms with Gasteiger partial charge in [0.1, 0.15) is 0 Å². The minimum absolute atomic E-state index is 0.0211. The van der Waals surface area contributed by atoms with Crippen LogP contribution in [0.15, 0.2) is 0 Å². The summed E-state index contributed by atoms with van der Waals surface area (Å²) in [6.45, 7) is 0.315. The van der Waals surface area contributed by atoms with Gasteiger partial charge in [0.05, 0.1) is 12.5 Å². The average Bonchev–Trinajstić information content (AvgIpc) is 2.40.